The maximum absolute atomic E-state index is 14.4. The summed E-state index contributed by atoms with van der Waals surface area (Å²) in [6, 6.07) is 3.31. The van der Waals surface area contributed by atoms with Crippen molar-refractivity contribution in [3.8, 4) is 17.0 Å². The highest BCUT2D eigenvalue weighted by Gasteiger charge is 2.47. The number of amides is 1. The summed E-state index contributed by atoms with van der Waals surface area (Å²) in [5, 5.41) is 4.69. The van der Waals surface area contributed by atoms with E-state index in [0.717, 1.165) is 31.4 Å². The molecule has 3 aliphatic rings. The van der Waals surface area contributed by atoms with Gasteiger partial charge in [0.15, 0.2) is 5.65 Å². The number of halogens is 3. The fourth-order valence-electron chi connectivity index (χ4n) is 5.91. The summed E-state index contributed by atoms with van der Waals surface area (Å²) >= 11 is 0. The average Bonchev–Trinajstić information content (AvgIpc) is 3.40. The highest BCUT2D eigenvalue weighted by atomic mass is 19.3. The number of rotatable bonds is 4. The molecule has 0 spiro atoms. The zero-order valence-electron chi connectivity index (χ0n) is 20.2. The first kappa shape index (κ1) is 23.1. The van der Waals surface area contributed by atoms with Gasteiger partial charge < -0.3 is 15.4 Å². The highest BCUT2D eigenvalue weighted by molar-refractivity contribution is 5.98. The van der Waals surface area contributed by atoms with Gasteiger partial charge in [-0.25, -0.2) is 23.9 Å². The molecule has 2 unspecified atom stereocenters. The van der Waals surface area contributed by atoms with Gasteiger partial charge >= 0.3 is 6.61 Å². The first-order chi connectivity index (χ1) is 18.2. The second-order valence-corrected chi connectivity index (χ2v) is 10.1. The third kappa shape index (κ3) is 3.25. The fourth-order valence-corrected chi connectivity index (χ4v) is 5.91. The summed E-state index contributed by atoms with van der Waals surface area (Å²) in [6.07, 6.45) is 8.25. The van der Waals surface area contributed by atoms with Gasteiger partial charge in [-0.05, 0) is 37.8 Å². The molecule has 1 aromatic carbocycles. The van der Waals surface area contributed by atoms with Crippen molar-refractivity contribution in [2.45, 2.75) is 49.8 Å². The lowest BCUT2D eigenvalue weighted by atomic mass is 9.77. The largest absolute Gasteiger partial charge is 0.434 e. The number of fused-ring (bicyclic) bond motifs is 9. The van der Waals surface area contributed by atoms with Crippen LogP contribution in [0.2, 0.25) is 0 Å². The Morgan fingerprint density at radius 3 is 2.63 bits per heavy atom. The van der Waals surface area contributed by atoms with Crippen molar-refractivity contribution >= 4 is 11.6 Å². The number of carbonyl (C=O) groups excluding carboxylic acids is 1. The van der Waals surface area contributed by atoms with Gasteiger partial charge in [-0.2, -0.15) is 13.9 Å². The number of aromatic nitrogens is 5. The minimum atomic E-state index is -3.18. The molecule has 0 radical (unpaired) electrons. The Labute approximate surface area is 214 Å². The lowest BCUT2D eigenvalue weighted by Gasteiger charge is -2.36. The van der Waals surface area contributed by atoms with Crippen molar-refractivity contribution in [1.82, 2.24) is 29.5 Å². The topological polar surface area (TPSA) is 112 Å². The quantitative estimate of drug-likeness (QED) is 0.433. The summed E-state index contributed by atoms with van der Waals surface area (Å²) in [6.45, 7) is -3.18. The zero-order chi connectivity index (χ0) is 26.3. The Morgan fingerprint density at radius 2 is 1.95 bits per heavy atom. The van der Waals surface area contributed by atoms with Gasteiger partial charge in [0, 0.05) is 59.9 Å². The molecule has 12 heteroatoms. The maximum Gasteiger partial charge on any atom is 0.387 e. The van der Waals surface area contributed by atoms with Crippen molar-refractivity contribution in [2.24, 2.45) is 5.73 Å². The van der Waals surface area contributed by atoms with Crippen LogP contribution in [0, 0.1) is 5.82 Å². The van der Waals surface area contributed by atoms with E-state index in [1.54, 1.807) is 36.2 Å². The van der Waals surface area contributed by atoms with Crippen LogP contribution in [0.5, 0.6) is 5.75 Å². The van der Waals surface area contributed by atoms with Crippen molar-refractivity contribution in [2.75, 3.05) is 7.05 Å². The van der Waals surface area contributed by atoms with Crippen LogP contribution in [-0.2, 0) is 5.54 Å². The Morgan fingerprint density at radius 1 is 1.18 bits per heavy atom. The third-order valence-electron chi connectivity index (χ3n) is 8.00. The molecule has 2 bridgehead atoms. The van der Waals surface area contributed by atoms with Crippen molar-refractivity contribution < 1.29 is 22.7 Å². The fraction of sp³-hybridized carbons (Fsp3) is 0.346. The van der Waals surface area contributed by atoms with Crippen LogP contribution in [0.1, 0.15) is 70.6 Å². The number of alkyl halides is 2. The standard InChI is InChI=1S/C26H22F3N7O2/c1-35-17-9-14(19-15(23(35)37)7-13(27)8-18(19)38-25(28)29)20-21(17)34-36-6-3-16(33-22(20)36)12-10-31-24(32-11-12)26(30)4-2-5-26/h3,6-8,10-11,14,17,25H,2,4-5,9,30H2,1H3. The first-order valence-corrected chi connectivity index (χ1v) is 12.3. The van der Waals surface area contributed by atoms with Gasteiger partial charge in [0.1, 0.15) is 17.4 Å². The van der Waals surface area contributed by atoms with Crippen molar-refractivity contribution in [3.63, 3.8) is 0 Å². The zero-order valence-corrected chi connectivity index (χ0v) is 20.2. The van der Waals surface area contributed by atoms with E-state index in [-0.39, 0.29) is 16.9 Å². The van der Waals surface area contributed by atoms with E-state index >= 15 is 0 Å². The monoisotopic (exact) mass is 521 g/mol. The molecule has 38 heavy (non-hydrogen) atoms. The summed E-state index contributed by atoms with van der Waals surface area (Å²) in [7, 11) is 1.60. The Bertz CT molecular complexity index is 1620. The van der Waals surface area contributed by atoms with Crippen LogP contribution < -0.4 is 10.5 Å². The lowest BCUT2D eigenvalue weighted by Crippen LogP contribution is -2.44. The Hall–Kier alpha value is -4.06. The molecule has 1 aliphatic heterocycles. The minimum absolute atomic E-state index is 0.00694. The van der Waals surface area contributed by atoms with Gasteiger partial charge in [0.2, 0.25) is 0 Å². The van der Waals surface area contributed by atoms with Gasteiger partial charge in [-0.15, -0.1) is 0 Å². The van der Waals surface area contributed by atoms with Crippen LogP contribution >= 0.6 is 0 Å². The molecule has 7 rings (SSSR count). The molecule has 4 heterocycles. The molecule has 2 atom stereocenters. The predicted octanol–water partition coefficient (Wildman–Crippen LogP) is 3.93. The molecule has 194 valence electrons. The molecule has 2 N–H and O–H groups in total. The number of benzene rings is 1. The summed E-state index contributed by atoms with van der Waals surface area (Å²) in [4.78, 5) is 28.5. The molecule has 9 nitrogen and oxygen atoms in total. The van der Waals surface area contributed by atoms with Gasteiger partial charge in [0.05, 0.1) is 23.0 Å². The molecule has 2 aliphatic carbocycles. The van der Waals surface area contributed by atoms with E-state index < -0.39 is 35.8 Å². The molecule has 1 saturated carbocycles. The number of hydrogen-bond donors (Lipinski definition) is 1. The summed E-state index contributed by atoms with van der Waals surface area (Å²) in [5.41, 5.74) is 9.17. The van der Waals surface area contributed by atoms with Crippen LogP contribution in [0.25, 0.3) is 16.9 Å². The minimum Gasteiger partial charge on any atom is -0.434 e. The van der Waals surface area contributed by atoms with E-state index in [4.69, 9.17) is 20.6 Å². The molecule has 1 amide bonds. The van der Waals surface area contributed by atoms with Gasteiger partial charge in [-0.1, -0.05) is 0 Å². The molecular weight excluding hydrogens is 499 g/mol. The number of ether oxygens (including phenoxy) is 1. The molecular formula is C26H22F3N7O2. The van der Waals surface area contributed by atoms with E-state index in [1.165, 1.54) is 4.90 Å². The molecule has 0 saturated heterocycles. The second-order valence-electron chi connectivity index (χ2n) is 10.1. The Balaban J connectivity index is 1.38. The number of carbonyl (C=O) groups is 1. The SMILES string of the molecule is CN1C(=O)c2cc(F)cc(OC(F)F)c2C2CC1c1nn3ccc(-c4cnc(C5(N)CCC5)nc4)nc3c12. The van der Waals surface area contributed by atoms with E-state index in [0.29, 0.717) is 40.4 Å². The summed E-state index contributed by atoms with van der Waals surface area (Å²) in [5.74, 6) is -1.62. The number of hydrogen-bond acceptors (Lipinski definition) is 7. The molecule has 3 aromatic heterocycles. The van der Waals surface area contributed by atoms with Crippen LogP contribution in [-0.4, -0.2) is 49.0 Å². The van der Waals surface area contributed by atoms with Crippen LogP contribution in [0.3, 0.4) is 0 Å². The van der Waals surface area contributed by atoms with Crippen molar-refractivity contribution in [1.29, 1.82) is 0 Å². The number of nitrogens with zero attached hydrogens (tertiary/aromatic N) is 6. The Kier molecular flexibility index (Phi) is 4.84. The summed E-state index contributed by atoms with van der Waals surface area (Å²) < 4.78 is 47.3. The van der Waals surface area contributed by atoms with E-state index in [2.05, 4.69) is 9.97 Å². The van der Waals surface area contributed by atoms with E-state index in [9.17, 15) is 18.0 Å². The lowest BCUT2D eigenvalue weighted by molar-refractivity contribution is -0.0507. The average molecular weight is 522 g/mol. The number of nitrogens with two attached hydrogens (primary N) is 1. The van der Waals surface area contributed by atoms with Crippen LogP contribution in [0.15, 0.2) is 36.8 Å². The second kappa shape index (κ2) is 7.97. The highest BCUT2D eigenvalue weighted by Crippen LogP contribution is 2.53. The third-order valence-corrected chi connectivity index (χ3v) is 8.00. The van der Waals surface area contributed by atoms with E-state index in [1.807, 2.05) is 0 Å². The van der Waals surface area contributed by atoms with Crippen LogP contribution in [0.4, 0.5) is 13.2 Å². The normalized spacial score (nSPS) is 21.3. The molecule has 1 fully saturated rings. The smallest absolute Gasteiger partial charge is 0.387 e. The molecule has 4 aromatic rings. The maximum atomic E-state index is 14.4. The first-order valence-electron chi connectivity index (χ1n) is 12.3. The van der Waals surface area contributed by atoms with Gasteiger partial charge in [-0.3, -0.25) is 4.79 Å². The van der Waals surface area contributed by atoms with Gasteiger partial charge in [0.25, 0.3) is 5.91 Å². The van der Waals surface area contributed by atoms with Crippen molar-refractivity contribution in [3.05, 3.63) is 70.8 Å². The predicted molar refractivity (Wildman–Crippen MR) is 128 cm³/mol.